The first-order valence-corrected chi connectivity index (χ1v) is 9.91. The summed E-state index contributed by atoms with van der Waals surface area (Å²) in [6.07, 6.45) is 3.92. The molecule has 1 saturated carbocycles. The van der Waals surface area contributed by atoms with Crippen LogP contribution >= 0.6 is 11.3 Å². The van der Waals surface area contributed by atoms with Crippen LogP contribution in [0.25, 0.3) is 0 Å². The molecule has 1 N–H and O–H groups in total. The number of aliphatic hydroxyl groups is 1. The largest absolute Gasteiger partial charge is 0.386 e. The Labute approximate surface area is 151 Å². The number of carbonyl (C=O) groups excluding carboxylic acids is 1. The van der Waals surface area contributed by atoms with Gasteiger partial charge in [-0.3, -0.25) is 9.48 Å². The summed E-state index contributed by atoms with van der Waals surface area (Å²) in [4.78, 5) is 20.0. The highest BCUT2D eigenvalue weighted by molar-refractivity contribution is 7.09. The van der Waals surface area contributed by atoms with Gasteiger partial charge in [-0.25, -0.2) is 4.98 Å². The lowest BCUT2D eigenvalue weighted by atomic mass is 10.1. The summed E-state index contributed by atoms with van der Waals surface area (Å²) >= 11 is 1.62. The van der Waals surface area contributed by atoms with Crippen molar-refractivity contribution in [3.63, 3.8) is 0 Å². The summed E-state index contributed by atoms with van der Waals surface area (Å²) in [6.45, 7) is 4.16. The molecule has 3 heterocycles. The number of aliphatic hydroxyl groups excluding tert-OH is 1. The molecule has 0 spiro atoms. The van der Waals surface area contributed by atoms with Gasteiger partial charge in [0, 0.05) is 24.4 Å². The van der Waals surface area contributed by atoms with Crippen molar-refractivity contribution in [2.24, 2.45) is 5.92 Å². The number of rotatable bonds is 5. The Morgan fingerprint density at radius 1 is 1.44 bits per heavy atom. The van der Waals surface area contributed by atoms with Gasteiger partial charge in [0.25, 0.3) is 0 Å². The zero-order valence-electron chi connectivity index (χ0n) is 14.5. The predicted molar refractivity (Wildman–Crippen MR) is 95.1 cm³/mol. The molecule has 0 saturated heterocycles. The second kappa shape index (κ2) is 6.88. The molecule has 134 valence electrons. The van der Waals surface area contributed by atoms with Gasteiger partial charge in [-0.1, -0.05) is 0 Å². The maximum absolute atomic E-state index is 12.7. The predicted octanol–water partition coefficient (Wildman–Crippen LogP) is 2.46. The molecular weight excluding hydrogens is 336 g/mol. The molecule has 0 unspecified atom stereocenters. The Morgan fingerprint density at radius 2 is 2.28 bits per heavy atom. The van der Waals surface area contributed by atoms with E-state index in [1.807, 2.05) is 28.1 Å². The van der Waals surface area contributed by atoms with Crippen LogP contribution in [-0.2, 0) is 24.3 Å². The number of thiazole rings is 1. The van der Waals surface area contributed by atoms with Crippen LogP contribution in [0.2, 0.25) is 0 Å². The molecule has 1 atom stereocenters. The zero-order chi connectivity index (χ0) is 17.4. The number of amides is 1. The van der Waals surface area contributed by atoms with E-state index >= 15 is 0 Å². The molecule has 2 aromatic rings. The molecule has 2 aromatic heterocycles. The minimum Gasteiger partial charge on any atom is -0.386 e. The van der Waals surface area contributed by atoms with E-state index in [1.165, 1.54) is 4.88 Å². The summed E-state index contributed by atoms with van der Waals surface area (Å²) < 4.78 is 1.97. The first kappa shape index (κ1) is 16.7. The fourth-order valence-electron chi connectivity index (χ4n) is 3.44. The van der Waals surface area contributed by atoms with Gasteiger partial charge < -0.3 is 10.0 Å². The average Bonchev–Trinajstić information content (AvgIpc) is 3.31. The van der Waals surface area contributed by atoms with E-state index in [9.17, 15) is 9.90 Å². The number of fused-ring (bicyclic) bond motifs is 1. The monoisotopic (exact) mass is 360 g/mol. The third kappa shape index (κ3) is 3.62. The van der Waals surface area contributed by atoms with E-state index in [1.54, 1.807) is 11.3 Å². The minimum atomic E-state index is -0.446. The summed E-state index contributed by atoms with van der Waals surface area (Å²) in [7, 11) is 0. The normalized spacial score (nSPS) is 18.7. The minimum absolute atomic E-state index is 0.187. The van der Waals surface area contributed by atoms with E-state index in [-0.39, 0.29) is 5.91 Å². The van der Waals surface area contributed by atoms with Crippen molar-refractivity contribution in [3.8, 4) is 0 Å². The van der Waals surface area contributed by atoms with Crippen molar-refractivity contribution in [2.45, 2.75) is 58.2 Å². The lowest BCUT2D eigenvalue weighted by molar-refractivity contribution is -0.131. The first-order valence-electron chi connectivity index (χ1n) is 9.03. The average molecular weight is 360 g/mol. The zero-order valence-corrected chi connectivity index (χ0v) is 15.3. The van der Waals surface area contributed by atoms with E-state index in [2.05, 4.69) is 10.1 Å². The first-order chi connectivity index (χ1) is 12.1. The van der Waals surface area contributed by atoms with E-state index < -0.39 is 6.10 Å². The van der Waals surface area contributed by atoms with E-state index in [0.29, 0.717) is 18.9 Å². The summed E-state index contributed by atoms with van der Waals surface area (Å²) in [5.74, 6) is 0.561. The second-order valence-electron chi connectivity index (χ2n) is 7.10. The number of aromatic nitrogens is 3. The van der Waals surface area contributed by atoms with Crippen LogP contribution in [0.3, 0.4) is 0 Å². The van der Waals surface area contributed by atoms with Gasteiger partial charge in [0.05, 0.1) is 29.1 Å². The van der Waals surface area contributed by atoms with E-state index in [4.69, 9.17) is 0 Å². The SMILES string of the molecule is Cc1ncsc1CCC(=O)N1CCCn2nc([C@H](O)C3CC3)cc2C1. The third-order valence-electron chi connectivity index (χ3n) is 5.17. The van der Waals surface area contributed by atoms with Crippen LogP contribution in [-0.4, -0.2) is 37.2 Å². The standard InChI is InChI=1S/C18H24N4O2S/c1-12-16(25-11-19-12)5-6-17(23)21-7-2-8-22-14(10-21)9-15(20-22)18(24)13-3-4-13/h9,11,13,18,24H,2-8,10H2,1H3/t18-/m1/s1. The maximum Gasteiger partial charge on any atom is 0.223 e. The van der Waals surface area contributed by atoms with Crippen LogP contribution in [0.15, 0.2) is 11.6 Å². The second-order valence-corrected chi connectivity index (χ2v) is 8.04. The lowest BCUT2D eigenvalue weighted by Gasteiger charge is -2.20. The molecule has 1 aliphatic carbocycles. The Bertz CT molecular complexity index is 765. The van der Waals surface area contributed by atoms with Crippen LogP contribution < -0.4 is 0 Å². The summed E-state index contributed by atoms with van der Waals surface area (Å²) in [5, 5.41) is 14.9. The fraction of sp³-hybridized carbons (Fsp3) is 0.611. The molecule has 1 fully saturated rings. The quantitative estimate of drug-likeness (QED) is 0.889. The highest BCUT2D eigenvalue weighted by Crippen LogP contribution is 2.40. The van der Waals surface area contributed by atoms with Crippen molar-refractivity contribution in [1.82, 2.24) is 19.7 Å². The molecule has 0 bridgehead atoms. The molecule has 2 aliphatic rings. The molecule has 6 nitrogen and oxygen atoms in total. The van der Waals surface area contributed by atoms with Crippen LogP contribution in [0.1, 0.15) is 53.7 Å². The van der Waals surface area contributed by atoms with Gasteiger partial charge in [0.2, 0.25) is 5.91 Å². The van der Waals surface area contributed by atoms with Crippen molar-refractivity contribution >= 4 is 17.2 Å². The maximum atomic E-state index is 12.7. The summed E-state index contributed by atoms with van der Waals surface area (Å²) in [5.41, 5.74) is 4.68. The smallest absolute Gasteiger partial charge is 0.223 e. The molecule has 1 amide bonds. The Morgan fingerprint density at radius 3 is 3.00 bits per heavy atom. The molecule has 0 radical (unpaired) electrons. The van der Waals surface area contributed by atoms with Gasteiger partial charge >= 0.3 is 0 Å². The molecular formula is C18H24N4O2S. The van der Waals surface area contributed by atoms with Crippen LogP contribution in [0, 0.1) is 12.8 Å². The number of nitrogens with zero attached hydrogens (tertiary/aromatic N) is 4. The molecule has 1 aliphatic heterocycles. The Kier molecular flexibility index (Phi) is 4.60. The highest BCUT2D eigenvalue weighted by atomic mass is 32.1. The van der Waals surface area contributed by atoms with Crippen molar-refractivity contribution in [2.75, 3.05) is 6.54 Å². The molecule has 25 heavy (non-hydrogen) atoms. The molecule has 0 aromatic carbocycles. The van der Waals surface area contributed by atoms with Gasteiger partial charge in [-0.2, -0.15) is 5.10 Å². The van der Waals surface area contributed by atoms with Crippen LogP contribution in [0.4, 0.5) is 0 Å². The van der Waals surface area contributed by atoms with Gasteiger partial charge in [-0.05, 0) is 44.6 Å². The number of hydrogen-bond acceptors (Lipinski definition) is 5. The van der Waals surface area contributed by atoms with Gasteiger partial charge in [0.15, 0.2) is 0 Å². The number of carbonyl (C=O) groups is 1. The molecule has 4 rings (SSSR count). The topological polar surface area (TPSA) is 71.2 Å². The third-order valence-corrected chi connectivity index (χ3v) is 6.16. The molecule has 7 heteroatoms. The van der Waals surface area contributed by atoms with Crippen molar-refractivity contribution < 1.29 is 9.90 Å². The summed E-state index contributed by atoms with van der Waals surface area (Å²) in [6, 6.07) is 1.99. The van der Waals surface area contributed by atoms with Crippen LogP contribution in [0.5, 0.6) is 0 Å². The Balaban J connectivity index is 1.41. The number of hydrogen-bond donors (Lipinski definition) is 1. The van der Waals surface area contributed by atoms with Crippen molar-refractivity contribution in [3.05, 3.63) is 33.5 Å². The number of aryl methyl sites for hydroxylation is 3. The van der Waals surface area contributed by atoms with Gasteiger partial charge in [-0.15, -0.1) is 11.3 Å². The highest BCUT2D eigenvalue weighted by Gasteiger charge is 2.33. The van der Waals surface area contributed by atoms with Crippen molar-refractivity contribution in [1.29, 1.82) is 0 Å². The van der Waals surface area contributed by atoms with Gasteiger partial charge in [0.1, 0.15) is 6.10 Å². The lowest BCUT2D eigenvalue weighted by Crippen LogP contribution is -2.30. The Hall–Kier alpha value is -1.73. The van der Waals surface area contributed by atoms with E-state index in [0.717, 1.165) is 55.9 Å². The fourth-order valence-corrected chi connectivity index (χ4v) is 4.22.